The van der Waals surface area contributed by atoms with Crippen molar-refractivity contribution in [1.29, 1.82) is 5.26 Å². The van der Waals surface area contributed by atoms with Gasteiger partial charge in [0.2, 0.25) is 0 Å². The Hall–Kier alpha value is -0.810. The van der Waals surface area contributed by atoms with Gasteiger partial charge in [-0.05, 0) is 17.5 Å². The van der Waals surface area contributed by atoms with Crippen molar-refractivity contribution in [3.05, 3.63) is 34.3 Å². The zero-order valence-corrected chi connectivity index (χ0v) is 10.1. The molecule has 0 N–H and O–H groups in total. The van der Waals surface area contributed by atoms with Crippen molar-refractivity contribution in [2.45, 2.75) is 26.2 Å². The molecule has 0 spiro atoms. The van der Waals surface area contributed by atoms with Crippen molar-refractivity contribution in [2.24, 2.45) is 5.92 Å². The summed E-state index contributed by atoms with van der Waals surface area (Å²) in [5, 5.41) is 8.77. The molecule has 1 aromatic carbocycles. The molecule has 14 heavy (non-hydrogen) atoms. The van der Waals surface area contributed by atoms with E-state index >= 15 is 0 Å². The summed E-state index contributed by atoms with van der Waals surface area (Å²) in [5.74, 6) is 0.823. The van der Waals surface area contributed by atoms with Crippen LogP contribution in [0.15, 0.2) is 28.7 Å². The molecular weight excluding hydrogens is 238 g/mol. The summed E-state index contributed by atoms with van der Waals surface area (Å²) < 4.78 is 1.11. The van der Waals surface area contributed by atoms with Gasteiger partial charge >= 0.3 is 0 Å². The molecule has 1 unspecified atom stereocenters. The number of halogens is 1. The number of hydrogen-bond donors (Lipinski definition) is 0. The first-order chi connectivity index (χ1) is 6.66. The zero-order chi connectivity index (χ0) is 10.6. The largest absolute Gasteiger partial charge is 0.198 e. The molecule has 0 heterocycles. The van der Waals surface area contributed by atoms with Crippen LogP contribution >= 0.6 is 15.9 Å². The zero-order valence-electron chi connectivity index (χ0n) is 8.50. The molecule has 2 heteroatoms. The van der Waals surface area contributed by atoms with Crippen molar-refractivity contribution >= 4 is 15.9 Å². The smallest absolute Gasteiger partial charge is 0.0628 e. The number of hydrogen-bond acceptors (Lipinski definition) is 1. The molecule has 0 amide bonds. The van der Waals surface area contributed by atoms with Gasteiger partial charge in [-0.1, -0.05) is 48.0 Å². The first-order valence-electron chi connectivity index (χ1n) is 4.78. The minimum absolute atomic E-state index is 0.329. The Bertz CT molecular complexity index is 338. The first-order valence-corrected chi connectivity index (χ1v) is 5.57. The van der Waals surface area contributed by atoms with E-state index in [0.717, 1.165) is 4.47 Å². The molecule has 0 aliphatic rings. The van der Waals surface area contributed by atoms with Crippen LogP contribution in [-0.4, -0.2) is 0 Å². The van der Waals surface area contributed by atoms with Crippen LogP contribution in [0.2, 0.25) is 0 Å². The molecule has 0 fully saturated rings. The lowest BCUT2D eigenvalue weighted by atomic mass is 9.86. The maximum absolute atomic E-state index is 8.77. The minimum atomic E-state index is 0.329. The third-order valence-electron chi connectivity index (χ3n) is 2.42. The summed E-state index contributed by atoms with van der Waals surface area (Å²) in [5.41, 5.74) is 1.24. The number of rotatable bonds is 3. The van der Waals surface area contributed by atoms with Crippen LogP contribution in [0, 0.1) is 17.2 Å². The standard InChI is InChI=1S/C12H14BrN/c1-9(2)10(7-8-14)11-5-3-4-6-12(11)13/h3-6,9-10H,7H2,1-2H3. The molecule has 1 rings (SSSR count). The number of nitriles is 1. The van der Waals surface area contributed by atoms with E-state index in [1.54, 1.807) is 0 Å². The van der Waals surface area contributed by atoms with Gasteiger partial charge in [0, 0.05) is 16.8 Å². The van der Waals surface area contributed by atoms with Gasteiger partial charge < -0.3 is 0 Å². The van der Waals surface area contributed by atoms with Crippen molar-refractivity contribution in [2.75, 3.05) is 0 Å². The molecule has 74 valence electrons. The highest BCUT2D eigenvalue weighted by Crippen LogP contribution is 2.32. The minimum Gasteiger partial charge on any atom is -0.198 e. The second kappa shape index (κ2) is 5.17. The van der Waals surface area contributed by atoms with Gasteiger partial charge in [-0.25, -0.2) is 0 Å². The summed E-state index contributed by atoms with van der Waals surface area (Å²) in [6, 6.07) is 10.4. The van der Waals surface area contributed by atoms with E-state index in [2.05, 4.69) is 41.9 Å². The van der Waals surface area contributed by atoms with Gasteiger partial charge in [0.15, 0.2) is 0 Å². The fourth-order valence-electron chi connectivity index (χ4n) is 1.58. The van der Waals surface area contributed by atoms with Crippen LogP contribution in [0.4, 0.5) is 0 Å². The maximum Gasteiger partial charge on any atom is 0.0628 e. The van der Waals surface area contributed by atoms with Gasteiger partial charge in [-0.3, -0.25) is 0 Å². The van der Waals surface area contributed by atoms with Gasteiger partial charge in [-0.15, -0.1) is 0 Å². The summed E-state index contributed by atoms with van der Waals surface area (Å²) in [4.78, 5) is 0. The average molecular weight is 252 g/mol. The van der Waals surface area contributed by atoms with E-state index in [0.29, 0.717) is 18.3 Å². The van der Waals surface area contributed by atoms with Gasteiger partial charge in [0.25, 0.3) is 0 Å². The van der Waals surface area contributed by atoms with Crippen LogP contribution in [-0.2, 0) is 0 Å². The quantitative estimate of drug-likeness (QED) is 0.794. The fourth-order valence-corrected chi connectivity index (χ4v) is 2.16. The van der Waals surface area contributed by atoms with E-state index in [1.807, 2.05) is 18.2 Å². The van der Waals surface area contributed by atoms with Gasteiger partial charge in [-0.2, -0.15) is 5.26 Å². The Morgan fingerprint density at radius 3 is 2.50 bits per heavy atom. The van der Waals surface area contributed by atoms with E-state index in [4.69, 9.17) is 5.26 Å². The van der Waals surface area contributed by atoms with E-state index in [1.165, 1.54) is 5.56 Å². The second-order valence-corrected chi connectivity index (χ2v) is 4.59. The Balaban J connectivity index is 3.00. The lowest BCUT2D eigenvalue weighted by molar-refractivity contribution is 0.504. The molecule has 0 saturated heterocycles. The third kappa shape index (κ3) is 2.59. The average Bonchev–Trinajstić information content (AvgIpc) is 2.15. The van der Waals surface area contributed by atoms with E-state index in [9.17, 15) is 0 Å². The predicted octanol–water partition coefficient (Wildman–Crippen LogP) is 4.10. The Kier molecular flexibility index (Phi) is 4.16. The molecule has 0 bridgehead atoms. The van der Waals surface area contributed by atoms with Crippen LogP contribution in [0.5, 0.6) is 0 Å². The fraction of sp³-hybridized carbons (Fsp3) is 0.417. The van der Waals surface area contributed by atoms with Crippen molar-refractivity contribution in [3.63, 3.8) is 0 Å². The maximum atomic E-state index is 8.77. The van der Waals surface area contributed by atoms with Crippen LogP contribution in [0.1, 0.15) is 31.7 Å². The van der Waals surface area contributed by atoms with Gasteiger partial charge in [0.1, 0.15) is 0 Å². The summed E-state index contributed by atoms with van der Waals surface area (Å²) >= 11 is 3.53. The van der Waals surface area contributed by atoms with Crippen LogP contribution < -0.4 is 0 Å². The molecule has 0 aliphatic heterocycles. The van der Waals surface area contributed by atoms with Gasteiger partial charge in [0.05, 0.1) is 6.07 Å². The first kappa shape index (κ1) is 11.3. The third-order valence-corrected chi connectivity index (χ3v) is 3.14. The van der Waals surface area contributed by atoms with E-state index in [-0.39, 0.29) is 0 Å². The summed E-state index contributed by atoms with van der Waals surface area (Å²) in [6.07, 6.45) is 0.584. The topological polar surface area (TPSA) is 23.8 Å². The highest BCUT2D eigenvalue weighted by atomic mass is 79.9. The second-order valence-electron chi connectivity index (χ2n) is 3.73. The molecule has 1 atom stereocenters. The molecular formula is C12H14BrN. The Morgan fingerprint density at radius 1 is 1.36 bits per heavy atom. The SMILES string of the molecule is CC(C)C(CC#N)c1ccccc1Br. The van der Waals surface area contributed by atoms with E-state index < -0.39 is 0 Å². The number of benzene rings is 1. The molecule has 1 aromatic rings. The molecule has 0 aromatic heterocycles. The molecule has 0 radical (unpaired) electrons. The highest BCUT2D eigenvalue weighted by molar-refractivity contribution is 9.10. The highest BCUT2D eigenvalue weighted by Gasteiger charge is 2.17. The summed E-state index contributed by atoms with van der Waals surface area (Å²) in [6.45, 7) is 4.31. The molecule has 1 nitrogen and oxygen atoms in total. The molecule has 0 aliphatic carbocycles. The van der Waals surface area contributed by atoms with Crippen molar-refractivity contribution in [3.8, 4) is 6.07 Å². The number of nitrogens with zero attached hydrogens (tertiary/aromatic N) is 1. The van der Waals surface area contributed by atoms with Crippen LogP contribution in [0.3, 0.4) is 0 Å². The predicted molar refractivity (Wildman–Crippen MR) is 62.0 cm³/mol. The van der Waals surface area contributed by atoms with Crippen molar-refractivity contribution in [1.82, 2.24) is 0 Å². The van der Waals surface area contributed by atoms with Crippen molar-refractivity contribution < 1.29 is 0 Å². The normalized spacial score (nSPS) is 12.5. The Morgan fingerprint density at radius 2 is 2.00 bits per heavy atom. The van der Waals surface area contributed by atoms with Crippen LogP contribution in [0.25, 0.3) is 0 Å². The Labute approximate surface area is 93.9 Å². The lowest BCUT2D eigenvalue weighted by Gasteiger charge is -2.19. The molecule has 0 saturated carbocycles. The monoisotopic (exact) mass is 251 g/mol. The summed E-state index contributed by atoms with van der Waals surface area (Å²) in [7, 11) is 0. The lowest BCUT2D eigenvalue weighted by Crippen LogP contribution is -2.06.